The van der Waals surface area contributed by atoms with E-state index in [4.69, 9.17) is 9.47 Å². The monoisotopic (exact) mass is 294 g/mol. The zero-order valence-corrected chi connectivity index (χ0v) is 12.7. The second kappa shape index (κ2) is 8.97. The number of hydrogen-bond acceptors (Lipinski definition) is 4. The van der Waals surface area contributed by atoms with Gasteiger partial charge in [0.25, 0.3) is 5.91 Å². The molecule has 0 saturated carbocycles. The number of methoxy groups -OCH3 is 1. The van der Waals surface area contributed by atoms with Crippen LogP contribution in [-0.2, 0) is 14.3 Å². The van der Waals surface area contributed by atoms with Gasteiger partial charge in [-0.1, -0.05) is 6.07 Å². The van der Waals surface area contributed by atoms with Gasteiger partial charge in [-0.2, -0.15) is 0 Å². The molecule has 0 atom stereocenters. The third-order valence-electron chi connectivity index (χ3n) is 2.87. The van der Waals surface area contributed by atoms with Crippen LogP contribution < -0.4 is 10.1 Å². The van der Waals surface area contributed by atoms with Crippen molar-refractivity contribution in [3.8, 4) is 5.75 Å². The SMILES string of the molecule is CCN(CC)C(=O)COc1cccc(NC(=O)COC)c1. The van der Waals surface area contributed by atoms with Crippen LogP contribution in [0.25, 0.3) is 0 Å². The van der Waals surface area contributed by atoms with Crippen molar-refractivity contribution in [1.82, 2.24) is 4.90 Å². The predicted octanol–water partition coefficient (Wildman–Crippen LogP) is 1.52. The average molecular weight is 294 g/mol. The van der Waals surface area contributed by atoms with Crippen LogP contribution in [0.4, 0.5) is 5.69 Å². The highest BCUT2D eigenvalue weighted by Crippen LogP contribution is 2.17. The third-order valence-corrected chi connectivity index (χ3v) is 2.87. The maximum absolute atomic E-state index is 11.8. The summed E-state index contributed by atoms with van der Waals surface area (Å²) in [7, 11) is 1.46. The summed E-state index contributed by atoms with van der Waals surface area (Å²) in [6.07, 6.45) is 0. The summed E-state index contributed by atoms with van der Waals surface area (Å²) in [6, 6.07) is 6.90. The first-order valence-corrected chi connectivity index (χ1v) is 6.90. The van der Waals surface area contributed by atoms with Gasteiger partial charge in [-0.25, -0.2) is 0 Å². The van der Waals surface area contributed by atoms with Gasteiger partial charge in [-0.05, 0) is 26.0 Å². The fourth-order valence-electron chi connectivity index (χ4n) is 1.80. The number of hydrogen-bond donors (Lipinski definition) is 1. The molecule has 0 saturated heterocycles. The lowest BCUT2D eigenvalue weighted by Crippen LogP contribution is -2.34. The van der Waals surface area contributed by atoms with E-state index in [0.29, 0.717) is 24.5 Å². The molecule has 0 aliphatic carbocycles. The maximum Gasteiger partial charge on any atom is 0.260 e. The normalized spacial score (nSPS) is 10.0. The van der Waals surface area contributed by atoms with E-state index < -0.39 is 0 Å². The van der Waals surface area contributed by atoms with Crippen LogP contribution in [-0.4, -0.2) is 50.1 Å². The van der Waals surface area contributed by atoms with Crippen LogP contribution in [0.5, 0.6) is 5.75 Å². The van der Waals surface area contributed by atoms with Crippen LogP contribution in [0.3, 0.4) is 0 Å². The first kappa shape index (κ1) is 17.0. The van der Waals surface area contributed by atoms with E-state index in [1.54, 1.807) is 29.2 Å². The minimum absolute atomic E-state index is 0.00840. The minimum atomic E-state index is -0.242. The summed E-state index contributed by atoms with van der Waals surface area (Å²) in [6.45, 7) is 5.14. The lowest BCUT2D eigenvalue weighted by atomic mass is 10.3. The van der Waals surface area contributed by atoms with Gasteiger partial charge in [0.05, 0.1) is 0 Å². The summed E-state index contributed by atoms with van der Waals surface area (Å²) in [5, 5.41) is 2.68. The molecule has 1 aromatic rings. The largest absolute Gasteiger partial charge is 0.484 e. The molecule has 0 aliphatic heterocycles. The Morgan fingerprint density at radius 2 is 1.90 bits per heavy atom. The Hall–Kier alpha value is -2.08. The molecule has 0 heterocycles. The standard InChI is InChI=1S/C15H22N2O4/c1-4-17(5-2)15(19)11-21-13-8-6-7-12(9-13)16-14(18)10-20-3/h6-9H,4-5,10-11H2,1-3H3,(H,16,18). The Morgan fingerprint density at radius 3 is 2.52 bits per heavy atom. The number of nitrogens with one attached hydrogen (secondary N) is 1. The number of carbonyl (C=O) groups excluding carboxylic acids is 2. The average Bonchev–Trinajstić information content (AvgIpc) is 2.47. The lowest BCUT2D eigenvalue weighted by Gasteiger charge is -2.18. The van der Waals surface area contributed by atoms with E-state index in [1.165, 1.54) is 7.11 Å². The number of likely N-dealkylation sites (N-methyl/N-ethyl adjacent to an activating group) is 1. The third kappa shape index (κ3) is 5.83. The molecule has 6 heteroatoms. The van der Waals surface area contributed by atoms with Crippen LogP contribution in [0, 0.1) is 0 Å². The molecule has 2 amide bonds. The van der Waals surface area contributed by atoms with Gasteiger partial charge in [0.15, 0.2) is 6.61 Å². The Morgan fingerprint density at radius 1 is 1.19 bits per heavy atom. The quantitative estimate of drug-likeness (QED) is 0.789. The van der Waals surface area contributed by atoms with Gasteiger partial charge < -0.3 is 19.7 Å². The lowest BCUT2D eigenvalue weighted by molar-refractivity contribution is -0.133. The number of anilines is 1. The van der Waals surface area contributed by atoms with E-state index in [2.05, 4.69) is 5.32 Å². The van der Waals surface area contributed by atoms with Gasteiger partial charge in [0.2, 0.25) is 5.91 Å². The summed E-state index contributed by atoms with van der Waals surface area (Å²) < 4.78 is 10.2. The van der Waals surface area contributed by atoms with Gasteiger partial charge >= 0.3 is 0 Å². The van der Waals surface area contributed by atoms with Crippen molar-refractivity contribution in [2.24, 2.45) is 0 Å². The minimum Gasteiger partial charge on any atom is -0.484 e. The smallest absolute Gasteiger partial charge is 0.260 e. The maximum atomic E-state index is 11.8. The number of benzene rings is 1. The summed E-state index contributed by atoms with van der Waals surface area (Å²) >= 11 is 0. The van der Waals surface area contributed by atoms with E-state index in [1.807, 2.05) is 13.8 Å². The molecular formula is C15H22N2O4. The van der Waals surface area contributed by atoms with E-state index in [0.717, 1.165) is 0 Å². The molecule has 6 nitrogen and oxygen atoms in total. The molecule has 0 aromatic heterocycles. The van der Waals surface area contributed by atoms with Crippen molar-refractivity contribution in [3.63, 3.8) is 0 Å². The highest BCUT2D eigenvalue weighted by Gasteiger charge is 2.10. The second-order valence-corrected chi connectivity index (χ2v) is 4.36. The molecule has 0 spiro atoms. The highest BCUT2D eigenvalue weighted by molar-refractivity contribution is 5.91. The van der Waals surface area contributed by atoms with Crippen LogP contribution in [0.15, 0.2) is 24.3 Å². The first-order valence-electron chi connectivity index (χ1n) is 6.90. The number of nitrogens with zero attached hydrogens (tertiary/aromatic N) is 1. The Balaban J connectivity index is 2.56. The Labute approximate surface area is 125 Å². The molecule has 21 heavy (non-hydrogen) atoms. The fraction of sp³-hybridized carbons (Fsp3) is 0.467. The molecule has 0 aliphatic rings. The van der Waals surface area contributed by atoms with Crippen LogP contribution >= 0.6 is 0 Å². The summed E-state index contributed by atoms with van der Waals surface area (Å²) in [5.74, 6) is 0.230. The molecule has 1 rings (SSSR count). The van der Waals surface area contributed by atoms with Gasteiger partial charge in [-0.3, -0.25) is 9.59 Å². The fourth-order valence-corrected chi connectivity index (χ4v) is 1.80. The van der Waals surface area contributed by atoms with Gasteiger partial charge in [-0.15, -0.1) is 0 Å². The van der Waals surface area contributed by atoms with Crippen LogP contribution in [0.1, 0.15) is 13.8 Å². The molecule has 0 bridgehead atoms. The van der Waals surface area contributed by atoms with E-state index in [9.17, 15) is 9.59 Å². The number of amides is 2. The number of rotatable bonds is 8. The predicted molar refractivity (Wildman–Crippen MR) is 80.4 cm³/mol. The van der Waals surface area contributed by atoms with Crippen molar-refractivity contribution >= 4 is 17.5 Å². The number of ether oxygens (including phenoxy) is 2. The summed E-state index contributed by atoms with van der Waals surface area (Å²) in [5.41, 5.74) is 0.602. The molecule has 1 aromatic carbocycles. The molecule has 1 N–H and O–H groups in total. The summed E-state index contributed by atoms with van der Waals surface area (Å²) in [4.78, 5) is 25.0. The van der Waals surface area contributed by atoms with Crippen molar-refractivity contribution in [2.45, 2.75) is 13.8 Å². The van der Waals surface area contributed by atoms with Crippen LogP contribution in [0.2, 0.25) is 0 Å². The van der Waals surface area contributed by atoms with Crippen molar-refractivity contribution in [2.75, 3.05) is 38.7 Å². The van der Waals surface area contributed by atoms with Gasteiger partial charge in [0, 0.05) is 32.0 Å². The molecule has 0 fully saturated rings. The zero-order chi connectivity index (χ0) is 15.7. The van der Waals surface area contributed by atoms with Crippen molar-refractivity contribution < 1.29 is 19.1 Å². The molecule has 116 valence electrons. The molecular weight excluding hydrogens is 272 g/mol. The molecule has 0 unspecified atom stereocenters. The molecule has 0 radical (unpaired) electrons. The first-order chi connectivity index (χ1) is 10.1. The topological polar surface area (TPSA) is 67.9 Å². The highest BCUT2D eigenvalue weighted by atomic mass is 16.5. The Bertz CT molecular complexity index is 472. The van der Waals surface area contributed by atoms with Gasteiger partial charge in [0.1, 0.15) is 12.4 Å². The number of carbonyl (C=O) groups is 2. The van der Waals surface area contributed by atoms with Crippen molar-refractivity contribution in [3.05, 3.63) is 24.3 Å². The second-order valence-electron chi connectivity index (χ2n) is 4.36. The zero-order valence-electron chi connectivity index (χ0n) is 12.7. The van der Waals surface area contributed by atoms with E-state index >= 15 is 0 Å². The Kier molecular flexibility index (Phi) is 7.25. The van der Waals surface area contributed by atoms with Crippen molar-refractivity contribution in [1.29, 1.82) is 0 Å². The van der Waals surface area contributed by atoms with E-state index in [-0.39, 0.29) is 25.0 Å².